The molecule has 0 aliphatic rings. The zero-order valence-corrected chi connectivity index (χ0v) is 11.1. The van der Waals surface area contributed by atoms with Crippen LogP contribution in [0.25, 0.3) is 12.2 Å². The van der Waals surface area contributed by atoms with Gasteiger partial charge in [0.1, 0.15) is 5.75 Å². The summed E-state index contributed by atoms with van der Waals surface area (Å²) in [7, 11) is 1.67. The first-order chi connectivity index (χ1) is 8.28. The summed E-state index contributed by atoms with van der Waals surface area (Å²) < 4.78 is 6.21. The Kier molecular flexibility index (Phi) is 3.99. The Balaban J connectivity index is 2.11. The third kappa shape index (κ3) is 3.46. The fraction of sp³-hybridized carbons (Fsp3) is 0.0667. The second kappa shape index (κ2) is 5.69. The molecule has 2 rings (SSSR count). The number of rotatable bonds is 3. The molecule has 0 amide bonds. The highest BCUT2D eigenvalue weighted by atomic mass is 79.9. The molecule has 1 nitrogen and oxygen atoms in total. The Morgan fingerprint density at radius 1 is 0.824 bits per heavy atom. The first-order valence-corrected chi connectivity index (χ1v) is 6.15. The highest BCUT2D eigenvalue weighted by Crippen LogP contribution is 2.15. The van der Waals surface area contributed by atoms with Gasteiger partial charge in [0.2, 0.25) is 0 Å². The lowest BCUT2D eigenvalue weighted by molar-refractivity contribution is 0.415. The third-order valence-electron chi connectivity index (χ3n) is 2.45. The molecule has 0 spiro atoms. The molecule has 0 N–H and O–H groups in total. The van der Waals surface area contributed by atoms with E-state index in [4.69, 9.17) is 4.74 Å². The van der Waals surface area contributed by atoms with Gasteiger partial charge >= 0.3 is 0 Å². The summed E-state index contributed by atoms with van der Waals surface area (Å²) in [6, 6.07) is 16.2. The van der Waals surface area contributed by atoms with Gasteiger partial charge in [-0.3, -0.25) is 0 Å². The normalized spacial score (nSPS) is 10.7. The van der Waals surface area contributed by atoms with Crippen molar-refractivity contribution in [2.75, 3.05) is 7.11 Å². The summed E-state index contributed by atoms with van der Waals surface area (Å²) in [6.45, 7) is 0. The third-order valence-corrected chi connectivity index (χ3v) is 2.98. The summed E-state index contributed by atoms with van der Waals surface area (Å²) in [5, 5.41) is 0. The second-order valence-electron chi connectivity index (χ2n) is 3.66. The number of hydrogen-bond acceptors (Lipinski definition) is 1. The predicted octanol–water partition coefficient (Wildman–Crippen LogP) is 4.63. The first-order valence-electron chi connectivity index (χ1n) is 5.35. The van der Waals surface area contributed by atoms with Crippen LogP contribution in [0.4, 0.5) is 0 Å². The topological polar surface area (TPSA) is 9.23 Å². The molecule has 0 aliphatic heterocycles. The molecule has 0 saturated heterocycles. The summed E-state index contributed by atoms with van der Waals surface area (Å²) in [6.07, 6.45) is 4.18. The van der Waals surface area contributed by atoms with Gasteiger partial charge < -0.3 is 4.74 Å². The Morgan fingerprint density at radius 2 is 1.29 bits per heavy atom. The lowest BCUT2D eigenvalue weighted by Crippen LogP contribution is -1.81. The van der Waals surface area contributed by atoms with Crippen molar-refractivity contribution in [2.24, 2.45) is 0 Å². The first kappa shape index (κ1) is 11.9. The van der Waals surface area contributed by atoms with Crippen LogP contribution in [0.5, 0.6) is 5.75 Å². The van der Waals surface area contributed by atoms with Crippen LogP contribution in [0.3, 0.4) is 0 Å². The Bertz CT molecular complexity index is 497. The SMILES string of the molecule is COc1ccc(/C=C/c2ccc(Br)cc2)cc1. The maximum Gasteiger partial charge on any atom is 0.118 e. The molecule has 0 aliphatic carbocycles. The Morgan fingerprint density at radius 3 is 1.76 bits per heavy atom. The standard InChI is InChI=1S/C15H13BrO/c1-17-15-10-6-13(7-11-15)3-2-12-4-8-14(16)9-5-12/h2-11H,1H3/b3-2+. The zero-order chi connectivity index (χ0) is 12.1. The lowest BCUT2D eigenvalue weighted by Gasteiger charge is -1.99. The van der Waals surface area contributed by atoms with Gasteiger partial charge in [0.05, 0.1) is 7.11 Å². The van der Waals surface area contributed by atoms with E-state index in [2.05, 4.69) is 40.2 Å². The van der Waals surface area contributed by atoms with Crippen molar-refractivity contribution >= 4 is 28.1 Å². The molecule has 86 valence electrons. The van der Waals surface area contributed by atoms with Crippen molar-refractivity contribution in [1.82, 2.24) is 0 Å². The van der Waals surface area contributed by atoms with Crippen molar-refractivity contribution in [2.45, 2.75) is 0 Å². The average molecular weight is 289 g/mol. The van der Waals surface area contributed by atoms with Gasteiger partial charge in [-0.2, -0.15) is 0 Å². The van der Waals surface area contributed by atoms with Crippen LogP contribution < -0.4 is 4.74 Å². The van der Waals surface area contributed by atoms with Crippen LogP contribution in [0.15, 0.2) is 53.0 Å². The van der Waals surface area contributed by atoms with Crippen LogP contribution in [0.1, 0.15) is 11.1 Å². The largest absolute Gasteiger partial charge is 0.497 e. The van der Waals surface area contributed by atoms with E-state index in [1.54, 1.807) is 7.11 Å². The van der Waals surface area contributed by atoms with Crippen LogP contribution in [-0.2, 0) is 0 Å². The molecule has 2 aromatic carbocycles. The Hall–Kier alpha value is -1.54. The summed E-state index contributed by atoms with van der Waals surface area (Å²) in [5.74, 6) is 0.880. The molecule has 0 atom stereocenters. The minimum Gasteiger partial charge on any atom is -0.497 e. The fourth-order valence-electron chi connectivity index (χ4n) is 1.48. The molecule has 0 radical (unpaired) electrons. The second-order valence-corrected chi connectivity index (χ2v) is 4.57. The van der Waals surface area contributed by atoms with Gasteiger partial charge in [0, 0.05) is 4.47 Å². The maximum atomic E-state index is 5.12. The van der Waals surface area contributed by atoms with E-state index < -0.39 is 0 Å². The monoisotopic (exact) mass is 288 g/mol. The van der Waals surface area contributed by atoms with Gasteiger partial charge in [-0.15, -0.1) is 0 Å². The minimum absolute atomic E-state index is 0.880. The van der Waals surface area contributed by atoms with Crippen LogP contribution in [0.2, 0.25) is 0 Å². The molecule has 0 heterocycles. The molecular weight excluding hydrogens is 276 g/mol. The van der Waals surface area contributed by atoms with E-state index in [9.17, 15) is 0 Å². The highest BCUT2D eigenvalue weighted by Gasteiger charge is 1.91. The average Bonchev–Trinajstić information content (AvgIpc) is 2.39. The minimum atomic E-state index is 0.880. The number of benzene rings is 2. The molecule has 0 aromatic heterocycles. The lowest BCUT2D eigenvalue weighted by atomic mass is 10.1. The molecule has 2 aromatic rings. The van der Waals surface area contributed by atoms with Crippen molar-refractivity contribution < 1.29 is 4.74 Å². The quantitative estimate of drug-likeness (QED) is 0.749. The zero-order valence-electron chi connectivity index (χ0n) is 9.56. The van der Waals surface area contributed by atoms with Crippen LogP contribution in [-0.4, -0.2) is 7.11 Å². The molecule has 17 heavy (non-hydrogen) atoms. The van der Waals surface area contributed by atoms with Crippen molar-refractivity contribution in [3.05, 3.63) is 64.1 Å². The molecule has 0 fully saturated rings. The van der Waals surface area contributed by atoms with Gasteiger partial charge in [-0.05, 0) is 35.4 Å². The molecular formula is C15H13BrO. The van der Waals surface area contributed by atoms with E-state index in [1.807, 2.05) is 36.4 Å². The van der Waals surface area contributed by atoms with E-state index in [-0.39, 0.29) is 0 Å². The number of halogens is 1. The molecule has 0 unspecified atom stereocenters. The van der Waals surface area contributed by atoms with Crippen LogP contribution in [0, 0.1) is 0 Å². The number of methoxy groups -OCH3 is 1. The highest BCUT2D eigenvalue weighted by molar-refractivity contribution is 9.10. The number of hydrogen-bond donors (Lipinski definition) is 0. The molecule has 0 bridgehead atoms. The Labute approximate surface area is 110 Å². The van der Waals surface area contributed by atoms with E-state index in [0.717, 1.165) is 15.8 Å². The van der Waals surface area contributed by atoms with Crippen molar-refractivity contribution in [3.63, 3.8) is 0 Å². The predicted molar refractivity (Wildman–Crippen MR) is 76.1 cm³/mol. The summed E-state index contributed by atoms with van der Waals surface area (Å²) >= 11 is 3.42. The number of ether oxygens (including phenoxy) is 1. The maximum absolute atomic E-state index is 5.12. The van der Waals surface area contributed by atoms with Crippen molar-refractivity contribution in [3.8, 4) is 5.75 Å². The van der Waals surface area contributed by atoms with Gasteiger partial charge in [-0.1, -0.05) is 52.3 Å². The van der Waals surface area contributed by atoms with Gasteiger partial charge in [0.15, 0.2) is 0 Å². The smallest absolute Gasteiger partial charge is 0.118 e. The van der Waals surface area contributed by atoms with E-state index in [0.29, 0.717) is 0 Å². The van der Waals surface area contributed by atoms with Crippen LogP contribution >= 0.6 is 15.9 Å². The summed E-state index contributed by atoms with van der Waals surface area (Å²) in [4.78, 5) is 0. The van der Waals surface area contributed by atoms with Gasteiger partial charge in [-0.25, -0.2) is 0 Å². The van der Waals surface area contributed by atoms with E-state index in [1.165, 1.54) is 5.56 Å². The fourth-order valence-corrected chi connectivity index (χ4v) is 1.75. The molecule has 0 saturated carbocycles. The van der Waals surface area contributed by atoms with E-state index >= 15 is 0 Å². The van der Waals surface area contributed by atoms with Crippen molar-refractivity contribution in [1.29, 1.82) is 0 Å². The molecule has 2 heteroatoms. The summed E-state index contributed by atoms with van der Waals surface area (Å²) in [5.41, 5.74) is 2.35. The van der Waals surface area contributed by atoms with Gasteiger partial charge in [0.25, 0.3) is 0 Å².